The maximum atomic E-state index is 13.1. The van der Waals surface area contributed by atoms with E-state index >= 15 is 0 Å². The predicted molar refractivity (Wildman–Crippen MR) is 120 cm³/mol. The van der Waals surface area contributed by atoms with Gasteiger partial charge in [-0.3, -0.25) is 9.89 Å². The minimum absolute atomic E-state index is 0.00529. The number of halogens is 7. The molecule has 0 radical (unpaired) electrons. The van der Waals surface area contributed by atoms with E-state index in [1.807, 2.05) is 0 Å². The summed E-state index contributed by atoms with van der Waals surface area (Å²) in [6.07, 6.45) is -4.83. The second-order valence-corrected chi connectivity index (χ2v) is 8.27. The van der Waals surface area contributed by atoms with Gasteiger partial charge in [-0.15, -0.1) is 0 Å². The first-order chi connectivity index (χ1) is 15.0. The van der Waals surface area contributed by atoms with E-state index in [0.717, 1.165) is 0 Å². The number of hydrogen-bond acceptors (Lipinski definition) is 3. The molecule has 1 amide bonds. The summed E-state index contributed by atoms with van der Waals surface area (Å²) in [6.45, 7) is 1.27. The van der Waals surface area contributed by atoms with Crippen LogP contribution in [-0.2, 0) is 12.6 Å². The SMILES string of the molecule is Cc1c(C(F)(F)F)n[nH]c1CC(=Nc1ccc(Cl)cc1Cl)NC(=O)c1ccc(Cl)cc1Cl. The molecular weight excluding hydrogens is 511 g/mol. The number of amides is 1. The fourth-order valence-electron chi connectivity index (χ4n) is 2.75. The van der Waals surface area contributed by atoms with Gasteiger partial charge in [-0.25, -0.2) is 4.99 Å². The minimum Gasteiger partial charge on any atom is -0.310 e. The molecule has 2 N–H and O–H groups in total. The molecule has 168 valence electrons. The quantitative estimate of drug-likeness (QED) is 0.284. The number of carbonyl (C=O) groups excluding carboxylic acids is 1. The molecule has 3 aromatic rings. The third kappa shape index (κ3) is 5.75. The number of nitrogens with zero attached hydrogens (tertiary/aromatic N) is 2. The Balaban J connectivity index is 1.99. The van der Waals surface area contributed by atoms with Crippen molar-refractivity contribution >= 4 is 63.8 Å². The van der Waals surface area contributed by atoms with E-state index in [1.165, 1.54) is 43.3 Å². The Morgan fingerprint density at radius 3 is 2.25 bits per heavy atom. The molecule has 1 heterocycles. The van der Waals surface area contributed by atoms with E-state index in [9.17, 15) is 18.0 Å². The molecule has 3 rings (SSSR count). The molecule has 12 heteroatoms. The number of benzene rings is 2. The summed E-state index contributed by atoms with van der Waals surface area (Å²) in [4.78, 5) is 17.1. The van der Waals surface area contributed by atoms with Crippen molar-refractivity contribution in [2.45, 2.75) is 19.5 Å². The van der Waals surface area contributed by atoms with Gasteiger partial charge in [0.2, 0.25) is 0 Å². The zero-order valence-electron chi connectivity index (χ0n) is 16.1. The topological polar surface area (TPSA) is 70.1 Å². The van der Waals surface area contributed by atoms with Crippen LogP contribution >= 0.6 is 46.4 Å². The van der Waals surface area contributed by atoms with Gasteiger partial charge in [0.15, 0.2) is 5.69 Å². The highest BCUT2D eigenvalue weighted by Crippen LogP contribution is 2.32. The van der Waals surface area contributed by atoms with Crippen LogP contribution in [0.25, 0.3) is 0 Å². The lowest BCUT2D eigenvalue weighted by Gasteiger charge is -2.11. The van der Waals surface area contributed by atoms with Gasteiger partial charge in [0, 0.05) is 27.7 Å². The molecule has 1 aromatic heterocycles. The molecule has 0 aliphatic heterocycles. The van der Waals surface area contributed by atoms with Crippen molar-refractivity contribution in [1.29, 1.82) is 0 Å². The number of aliphatic imine (C=N–C) groups is 1. The monoisotopic (exact) mass is 522 g/mol. The molecule has 0 aliphatic rings. The molecule has 0 fully saturated rings. The van der Waals surface area contributed by atoms with Crippen LogP contribution in [0.5, 0.6) is 0 Å². The number of rotatable bonds is 4. The van der Waals surface area contributed by atoms with Gasteiger partial charge < -0.3 is 5.32 Å². The van der Waals surface area contributed by atoms with Gasteiger partial charge in [-0.1, -0.05) is 46.4 Å². The number of nitrogens with one attached hydrogen (secondary N) is 2. The second-order valence-electron chi connectivity index (χ2n) is 6.58. The zero-order chi connectivity index (χ0) is 23.6. The van der Waals surface area contributed by atoms with Crippen molar-refractivity contribution in [3.8, 4) is 0 Å². The van der Waals surface area contributed by atoms with Crippen molar-refractivity contribution in [2.24, 2.45) is 4.99 Å². The van der Waals surface area contributed by atoms with Gasteiger partial charge in [-0.05, 0) is 43.3 Å². The van der Waals surface area contributed by atoms with E-state index in [1.54, 1.807) is 0 Å². The smallest absolute Gasteiger partial charge is 0.310 e. The van der Waals surface area contributed by atoms with E-state index in [4.69, 9.17) is 46.4 Å². The molecule has 5 nitrogen and oxygen atoms in total. The van der Waals surface area contributed by atoms with Gasteiger partial charge in [0.25, 0.3) is 5.91 Å². The summed E-state index contributed by atoms with van der Waals surface area (Å²) in [5.41, 5.74) is -0.705. The average Bonchev–Trinajstić information content (AvgIpc) is 3.04. The largest absolute Gasteiger partial charge is 0.435 e. The first-order valence-corrected chi connectivity index (χ1v) is 10.4. The molecular formula is C20H13Cl4F3N4O. The Morgan fingerprint density at radius 2 is 1.69 bits per heavy atom. The van der Waals surface area contributed by atoms with E-state index in [2.05, 4.69) is 20.5 Å². The first-order valence-electron chi connectivity index (χ1n) is 8.85. The lowest BCUT2D eigenvalue weighted by atomic mass is 10.1. The molecule has 0 unspecified atom stereocenters. The van der Waals surface area contributed by atoms with Gasteiger partial charge >= 0.3 is 6.18 Å². The summed E-state index contributed by atoms with van der Waals surface area (Å²) in [6, 6.07) is 8.76. The van der Waals surface area contributed by atoms with Gasteiger partial charge in [0.05, 0.1) is 21.3 Å². The van der Waals surface area contributed by atoms with Gasteiger partial charge in [-0.2, -0.15) is 18.3 Å². The Bertz CT molecular complexity index is 1210. The highest BCUT2D eigenvalue weighted by molar-refractivity contribution is 6.37. The van der Waals surface area contributed by atoms with E-state index in [-0.39, 0.29) is 44.8 Å². The van der Waals surface area contributed by atoms with Crippen LogP contribution < -0.4 is 5.32 Å². The fraction of sp³-hybridized carbons (Fsp3) is 0.150. The van der Waals surface area contributed by atoms with Crippen LogP contribution in [0.4, 0.5) is 18.9 Å². The van der Waals surface area contributed by atoms with Crippen molar-refractivity contribution < 1.29 is 18.0 Å². The highest BCUT2D eigenvalue weighted by Gasteiger charge is 2.36. The van der Waals surface area contributed by atoms with Crippen LogP contribution in [0, 0.1) is 6.92 Å². The second kappa shape index (κ2) is 9.70. The summed E-state index contributed by atoms with van der Waals surface area (Å²) < 4.78 is 39.3. The van der Waals surface area contributed by atoms with Crippen LogP contribution in [0.2, 0.25) is 20.1 Å². The Hall–Kier alpha value is -2.26. The fourth-order valence-corrected chi connectivity index (χ4v) is 3.70. The highest BCUT2D eigenvalue weighted by atomic mass is 35.5. The van der Waals surface area contributed by atoms with Crippen molar-refractivity contribution in [3.63, 3.8) is 0 Å². The summed E-state index contributed by atoms with van der Waals surface area (Å²) in [5.74, 6) is -0.630. The molecule has 0 saturated carbocycles. The summed E-state index contributed by atoms with van der Waals surface area (Å²) in [5, 5.41) is 9.24. The number of carbonyl (C=O) groups is 1. The Kier molecular flexibility index (Phi) is 7.39. The molecule has 2 aromatic carbocycles. The van der Waals surface area contributed by atoms with Crippen molar-refractivity contribution in [1.82, 2.24) is 15.5 Å². The van der Waals surface area contributed by atoms with Crippen molar-refractivity contribution in [2.75, 3.05) is 0 Å². The standard InChI is InChI=1S/C20H13Cl4F3N4O/c1-9-16(30-31-18(9)20(25,26)27)8-17(28-15-5-3-11(22)7-14(15)24)29-19(32)12-4-2-10(21)6-13(12)23/h2-7H,8H2,1H3,(H,30,31)(H,28,29,32). The molecule has 32 heavy (non-hydrogen) atoms. The van der Waals surface area contributed by atoms with Gasteiger partial charge in [0.1, 0.15) is 5.84 Å². The van der Waals surface area contributed by atoms with E-state index in [0.29, 0.717) is 10.0 Å². The number of amidine groups is 1. The average molecular weight is 524 g/mol. The molecule has 0 spiro atoms. The van der Waals surface area contributed by atoms with Crippen LogP contribution in [0.15, 0.2) is 41.4 Å². The predicted octanol–water partition coefficient (Wildman–Crippen LogP) is 7.05. The normalized spacial score (nSPS) is 12.2. The Morgan fingerprint density at radius 1 is 1.06 bits per heavy atom. The van der Waals surface area contributed by atoms with Crippen LogP contribution in [-0.4, -0.2) is 21.9 Å². The number of H-pyrrole nitrogens is 1. The maximum Gasteiger partial charge on any atom is 0.435 e. The molecule has 0 bridgehead atoms. The lowest BCUT2D eigenvalue weighted by molar-refractivity contribution is -0.141. The number of aromatic nitrogens is 2. The summed E-state index contributed by atoms with van der Waals surface area (Å²) >= 11 is 24.0. The van der Waals surface area contributed by atoms with E-state index < -0.39 is 17.8 Å². The summed E-state index contributed by atoms with van der Waals surface area (Å²) in [7, 11) is 0. The minimum atomic E-state index is -4.63. The third-order valence-corrected chi connectivity index (χ3v) is 5.41. The first kappa shape index (κ1) is 24.4. The number of hydrogen-bond donors (Lipinski definition) is 2. The lowest BCUT2D eigenvalue weighted by Crippen LogP contribution is -2.32. The number of aromatic amines is 1. The Labute approximate surface area is 200 Å². The molecule has 0 aliphatic carbocycles. The maximum absolute atomic E-state index is 13.1. The molecule has 0 atom stereocenters. The van der Waals surface area contributed by atoms with Crippen molar-refractivity contribution in [3.05, 3.63) is 79.0 Å². The van der Waals surface area contributed by atoms with Crippen LogP contribution in [0.3, 0.4) is 0 Å². The number of alkyl halides is 3. The molecule has 0 saturated heterocycles. The third-order valence-electron chi connectivity index (χ3n) is 4.32. The van der Waals surface area contributed by atoms with Crippen LogP contribution in [0.1, 0.15) is 27.3 Å². The zero-order valence-corrected chi connectivity index (χ0v) is 19.1.